The molecule has 25 heavy (non-hydrogen) atoms. The number of benzene rings is 1. The molecule has 1 atom stereocenters. The van der Waals surface area contributed by atoms with Crippen LogP contribution >= 0.6 is 37.2 Å². The van der Waals surface area contributed by atoms with Crippen molar-refractivity contribution in [3.8, 4) is 0 Å². The van der Waals surface area contributed by atoms with E-state index in [-0.39, 0.29) is 49.0 Å². The van der Waals surface area contributed by atoms with Gasteiger partial charge in [0, 0.05) is 50.9 Å². The predicted octanol–water partition coefficient (Wildman–Crippen LogP) is 2.62. The van der Waals surface area contributed by atoms with Crippen LogP contribution in [-0.2, 0) is 11.3 Å². The number of rotatable bonds is 6. The van der Waals surface area contributed by atoms with Crippen molar-refractivity contribution in [3.63, 3.8) is 0 Å². The van der Waals surface area contributed by atoms with Crippen LogP contribution in [0.3, 0.4) is 0 Å². The summed E-state index contributed by atoms with van der Waals surface area (Å²) in [5, 5.41) is 2.90. The third-order valence-corrected chi connectivity index (χ3v) is 4.34. The molecule has 5 nitrogen and oxygen atoms in total. The number of halogens is 3. The average Bonchev–Trinajstić information content (AvgIpc) is 2.56. The van der Waals surface area contributed by atoms with Gasteiger partial charge >= 0.3 is 0 Å². The van der Waals surface area contributed by atoms with Gasteiger partial charge in [0.15, 0.2) is 0 Å². The fraction of sp³-hybridized carbons (Fsp3) is 0.588. The second-order valence-corrected chi connectivity index (χ2v) is 6.03. The van der Waals surface area contributed by atoms with E-state index < -0.39 is 0 Å². The molecular weight excluding hydrogens is 383 g/mol. The number of carbonyl (C=O) groups excluding carboxylic acids is 1. The number of carbonyl (C=O) groups is 1. The number of hydrogen-bond donors (Lipinski definition) is 2. The van der Waals surface area contributed by atoms with E-state index in [1.54, 1.807) is 0 Å². The fourth-order valence-electron chi connectivity index (χ4n) is 2.59. The minimum absolute atomic E-state index is 0. The SMILES string of the molecule is CCN1CCN(Cc2ccc(NC(=O)C(C)CN)cc2)CC1.Cl.Cl.Cl. The van der Waals surface area contributed by atoms with Gasteiger partial charge in [-0.15, -0.1) is 37.2 Å². The van der Waals surface area contributed by atoms with E-state index in [0.29, 0.717) is 6.54 Å². The third kappa shape index (κ3) is 8.58. The lowest BCUT2D eigenvalue weighted by Crippen LogP contribution is -2.45. The molecule has 1 fully saturated rings. The van der Waals surface area contributed by atoms with Crippen LogP contribution in [-0.4, -0.2) is 55.0 Å². The van der Waals surface area contributed by atoms with Gasteiger partial charge in [-0.05, 0) is 24.2 Å². The van der Waals surface area contributed by atoms with Crippen molar-refractivity contribution in [1.29, 1.82) is 0 Å². The van der Waals surface area contributed by atoms with Crippen molar-refractivity contribution >= 4 is 48.8 Å². The Morgan fingerprint density at radius 3 is 2.08 bits per heavy atom. The predicted molar refractivity (Wildman–Crippen MR) is 112 cm³/mol. The smallest absolute Gasteiger partial charge is 0.228 e. The minimum atomic E-state index is -0.158. The molecule has 0 bridgehead atoms. The summed E-state index contributed by atoms with van der Waals surface area (Å²) in [6.45, 7) is 11.1. The molecule has 0 aliphatic carbocycles. The molecule has 1 heterocycles. The third-order valence-electron chi connectivity index (χ3n) is 4.34. The maximum atomic E-state index is 11.8. The zero-order valence-corrected chi connectivity index (χ0v) is 17.4. The van der Waals surface area contributed by atoms with Gasteiger partial charge < -0.3 is 16.0 Å². The molecule has 1 saturated heterocycles. The first-order chi connectivity index (χ1) is 10.6. The van der Waals surface area contributed by atoms with Gasteiger partial charge in [0.1, 0.15) is 0 Å². The van der Waals surface area contributed by atoms with E-state index in [2.05, 4.69) is 34.2 Å². The molecule has 1 aromatic carbocycles. The van der Waals surface area contributed by atoms with Gasteiger partial charge in [0.25, 0.3) is 0 Å². The Labute approximate surface area is 169 Å². The first kappa shape index (κ1) is 26.7. The molecular formula is C17H31Cl3N4O. The summed E-state index contributed by atoms with van der Waals surface area (Å²) >= 11 is 0. The van der Waals surface area contributed by atoms with Crippen LogP contribution in [0.4, 0.5) is 5.69 Å². The molecule has 1 amide bonds. The second kappa shape index (κ2) is 13.6. The molecule has 1 unspecified atom stereocenters. The van der Waals surface area contributed by atoms with Gasteiger partial charge in [-0.1, -0.05) is 26.0 Å². The van der Waals surface area contributed by atoms with E-state index in [4.69, 9.17) is 5.73 Å². The lowest BCUT2D eigenvalue weighted by Gasteiger charge is -2.34. The summed E-state index contributed by atoms with van der Waals surface area (Å²) < 4.78 is 0. The Hall–Kier alpha value is -0.560. The van der Waals surface area contributed by atoms with Crippen LogP contribution in [0.15, 0.2) is 24.3 Å². The van der Waals surface area contributed by atoms with Gasteiger partial charge in [-0.25, -0.2) is 0 Å². The lowest BCUT2D eigenvalue weighted by molar-refractivity contribution is -0.119. The lowest BCUT2D eigenvalue weighted by atomic mass is 10.1. The highest BCUT2D eigenvalue weighted by Crippen LogP contribution is 2.13. The van der Waals surface area contributed by atoms with Gasteiger partial charge in [0.2, 0.25) is 5.91 Å². The summed E-state index contributed by atoms with van der Waals surface area (Å²) in [6, 6.07) is 8.13. The molecule has 0 aromatic heterocycles. The maximum Gasteiger partial charge on any atom is 0.228 e. The topological polar surface area (TPSA) is 61.6 Å². The molecule has 0 spiro atoms. The van der Waals surface area contributed by atoms with Crippen molar-refractivity contribution in [2.75, 3.05) is 44.6 Å². The number of amides is 1. The number of nitrogens with one attached hydrogen (secondary N) is 1. The molecule has 1 aliphatic rings. The molecule has 146 valence electrons. The van der Waals surface area contributed by atoms with Crippen LogP contribution in [0.1, 0.15) is 19.4 Å². The number of nitrogens with zero attached hydrogens (tertiary/aromatic N) is 2. The molecule has 3 N–H and O–H groups in total. The van der Waals surface area contributed by atoms with Crippen LogP contribution in [0.25, 0.3) is 0 Å². The molecule has 0 saturated carbocycles. The van der Waals surface area contributed by atoms with Crippen molar-refractivity contribution in [1.82, 2.24) is 9.80 Å². The Morgan fingerprint density at radius 1 is 1.08 bits per heavy atom. The number of anilines is 1. The molecule has 0 radical (unpaired) electrons. The number of likely N-dealkylation sites (N-methyl/N-ethyl adjacent to an activating group) is 1. The average molecular weight is 414 g/mol. The molecule has 2 rings (SSSR count). The van der Waals surface area contributed by atoms with Crippen LogP contribution in [0.2, 0.25) is 0 Å². The zero-order valence-electron chi connectivity index (χ0n) is 14.9. The first-order valence-electron chi connectivity index (χ1n) is 8.17. The van der Waals surface area contributed by atoms with Crippen LogP contribution in [0, 0.1) is 5.92 Å². The molecule has 1 aromatic rings. The minimum Gasteiger partial charge on any atom is -0.330 e. The van der Waals surface area contributed by atoms with Crippen molar-refractivity contribution < 1.29 is 4.79 Å². The summed E-state index contributed by atoms with van der Waals surface area (Å²) in [5.74, 6) is -0.180. The van der Waals surface area contributed by atoms with Crippen molar-refractivity contribution in [2.45, 2.75) is 20.4 Å². The van der Waals surface area contributed by atoms with Crippen LogP contribution in [0.5, 0.6) is 0 Å². The summed E-state index contributed by atoms with van der Waals surface area (Å²) in [7, 11) is 0. The van der Waals surface area contributed by atoms with Gasteiger partial charge in [-0.3, -0.25) is 9.69 Å². The largest absolute Gasteiger partial charge is 0.330 e. The van der Waals surface area contributed by atoms with E-state index in [0.717, 1.165) is 45.0 Å². The summed E-state index contributed by atoms with van der Waals surface area (Å²) in [6.07, 6.45) is 0. The van der Waals surface area contributed by atoms with Crippen molar-refractivity contribution in [3.05, 3.63) is 29.8 Å². The highest BCUT2D eigenvalue weighted by atomic mass is 35.5. The standard InChI is InChI=1S/C17H28N4O.3ClH/c1-3-20-8-10-21(11-9-20)13-15-4-6-16(7-5-15)19-17(22)14(2)12-18;;;/h4-7,14H,3,8-13,18H2,1-2H3,(H,19,22);3*1H. The molecule has 8 heteroatoms. The quantitative estimate of drug-likeness (QED) is 0.752. The Bertz CT molecular complexity index is 479. The van der Waals surface area contributed by atoms with E-state index in [1.165, 1.54) is 5.56 Å². The normalized spacial score (nSPS) is 16.0. The Morgan fingerprint density at radius 2 is 1.60 bits per heavy atom. The van der Waals surface area contributed by atoms with Crippen molar-refractivity contribution in [2.24, 2.45) is 11.7 Å². The second-order valence-electron chi connectivity index (χ2n) is 6.03. The summed E-state index contributed by atoms with van der Waals surface area (Å²) in [5.41, 5.74) is 7.63. The van der Waals surface area contributed by atoms with E-state index >= 15 is 0 Å². The fourth-order valence-corrected chi connectivity index (χ4v) is 2.59. The van der Waals surface area contributed by atoms with Crippen LogP contribution < -0.4 is 11.1 Å². The zero-order chi connectivity index (χ0) is 15.9. The monoisotopic (exact) mass is 412 g/mol. The number of piperazine rings is 1. The number of nitrogens with two attached hydrogens (primary N) is 1. The van der Waals surface area contributed by atoms with Gasteiger partial charge in [-0.2, -0.15) is 0 Å². The van der Waals surface area contributed by atoms with E-state index in [9.17, 15) is 4.79 Å². The Balaban J connectivity index is 0. The Kier molecular flexibility index (Phi) is 14.5. The maximum absolute atomic E-state index is 11.8. The molecule has 1 aliphatic heterocycles. The van der Waals surface area contributed by atoms with Gasteiger partial charge in [0.05, 0.1) is 0 Å². The highest BCUT2D eigenvalue weighted by Gasteiger charge is 2.15. The first-order valence-corrected chi connectivity index (χ1v) is 8.17. The van der Waals surface area contributed by atoms with E-state index in [1.807, 2.05) is 19.1 Å². The summed E-state index contributed by atoms with van der Waals surface area (Å²) in [4.78, 5) is 16.8. The highest BCUT2D eigenvalue weighted by molar-refractivity contribution is 5.92. The number of hydrogen-bond acceptors (Lipinski definition) is 4.